The number of halogens is 1. The van der Waals surface area contributed by atoms with E-state index in [2.05, 4.69) is 27.5 Å². The molecule has 0 radical (unpaired) electrons. The number of rotatable bonds is 7. The highest BCUT2D eigenvalue weighted by Crippen LogP contribution is 2.31. The quantitative estimate of drug-likeness (QED) is 0.354. The van der Waals surface area contributed by atoms with E-state index in [9.17, 15) is 14.7 Å². The van der Waals surface area contributed by atoms with Gasteiger partial charge in [-0.1, -0.05) is 52.1 Å². The van der Waals surface area contributed by atoms with Gasteiger partial charge >= 0.3 is 5.97 Å². The average Bonchev–Trinajstić information content (AvgIpc) is 3.14. The van der Waals surface area contributed by atoms with Gasteiger partial charge in [0, 0.05) is 10.0 Å². The highest BCUT2D eigenvalue weighted by Gasteiger charge is 2.33. The molecular formula is C26H23BrN2O5S. The van der Waals surface area contributed by atoms with Gasteiger partial charge in [0.15, 0.2) is 4.80 Å². The maximum absolute atomic E-state index is 13.6. The van der Waals surface area contributed by atoms with Gasteiger partial charge in [0.25, 0.3) is 5.56 Å². The van der Waals surface area contributed by atoms with Gasteiger partial charge in [-0.2, -0.15) is 0 Å². The fraction of sp³-hybridized carbons (Fsp3) is 0.192. The first-order chi connectivity index (χ1) is 16.8. The minimum atomic E-state index is -0.725. The van der Waals surface area contributed by atoms with Gasteiger partial charge in [-0.25, -0.2) is 9.79 Å². The van der Waals surface area contributed by atoms with Crippen LogP contribution in [0.1, 0.15) is 31.0 Å². The second-order valence-electron chi connectivity index (χ2n) is 7.67. The monoisotopic (exact) mass is 554 g/mol. The van der Waals surface area contributed by atoms with E-state index in [1.807, 2.05) is 12.1 Å². The van der Waals surface area contributed by atoms with Crippen molar-refractivity contribution >= 4 is 39.3 Å². The number of phenols is 1. The molecule has 7 nitrogen and oxygen atoms in total. The van der Waals surface area contributed by atoms with Crippen molar-refractivity contribution < 1.29 is 19.4 Å². The Hall–Kier alpha value is -3.43. The van der Waals surface area contributed by atoms with Crippen LogP contribution in [0.2, 0.25) is 0 Å². The first kappa shape index (κ1) is 24.7. The topological polar surface area (TPSA) is 90.1 Å². The summed E-state index contributed by atoms with van der Waals surface area (Å²) >= 11 is 4.58. The summed E-state index contributed by atoms with van der Waals surface area (Å²) in [7, 11) is 0. The molecule has 2 heterocycles. The number of aromatic hydroxyl groups is 1. The summed E-state index contributed by atoms with van der Waals surface area (Å²) < 4.78 is 13.5. The first-order valence-electron chi connectivity index (χ1n) is 10.9. The summed E-state index contributed by atoms with van der Waals surface area (Å²) in [5.74, 6) is 0.170. The molecule has 0 fully saturated rings. The normalized spacial score (nSPS) is 15.4. The molecule has 180 valence electrons. The van der Waals surface area contributed by atoms with Crippen molar-refractivity contribution in [1.82, 2.24) is 4.57 Å². The van der Waals surface area contributed by atoms with Gasteiger partial charge < -0.3 is 14.6 Å². The van der Waals surface area contributed by atoms with Crippen molar-refractivity contribution in [2.75, 3.05) is 13.2 Å². The van der Waals surface area contributed by atoms with Crippen molar-refractivity contribution in [2.45, 2.75) is 19.9 Å². The summed E-state index contributed by atoms with van der Waals surface area (Å²) in [5, 5.41) is 10.3. The van der Waals surface area contributed by atoms with E-state index in [1.54, 1.807) is 56.3 Å². The molecule has 4 rings (SSSR count). The predicted octanol–water partition coefficient (Wildman–Crippen LogP) is 3.83. The molecule has 1 aliphatic rings. The number of phenolic OH excluding ortho intramolecular Hbond substituents is 1. The second-order valence-corrected chi connectivity index (χ2v) is 9.60. The van der Waals surface area contributed by atoms with Crippen LogP contribution in [0.25, 0.3) is 6.08 Å². The third-order valence-electron chi connectivity index (χ3n) is 5.36. The Morgan fingerprint density at radius 1 is 1.29 bits per heavy atom. The van der Waals surface area contributed by atoms with E-state index in [0.29, 0.717) is 44.1 Å². The van der Waals surface area contributed by atoms with Crippen molar-refractivity contribution in [3.63, 3.8) is 0 Å². The summed E-state index contributed by atoms with van der Waals surface area (Å²) in [5.41, 5.74) is 1.67. The molecule has 0 bridgehead atoms. The van der Waals surface area contributed by atoms with Crippen LogP contribution in [0, 0.1) is 0 Å². The predicted molar refractivity (Wildman–Crippen MR) is 138 cm³/mol. The molecule has 0 amide bonds. The van der Waals surface area contributed by atoms with Crippen LogP contribution >= 0.6 is 27.3 Å². The first-order valence-corrected chi connectivity index (χ1v) is 12.5. The molecule has 0 unspecified atom stereocenters. The lowest BCUT2D eigenvalue weighted by atomic mass is 9.96. The van der Waals surface area contributed by atoms with E-state index >= 15 is 0 Å². The Bertz CT molecular complexity index is 1500. The minimum absolute atomic E-state index is 0.0501. The van der Waals surface area contributed by atoms with Gasteiger partial charge in [0.05, 0.1) is 28.5 Å². The molecule has 1 aromatic heterocycles. The van der Waals surface area contributed by atoms with Gasteiger partial charge in [-0.15, -0.1) is 0 Å². The van der Waals surface area contributed by atoms with Crippen LogP contribution in [-0.2, 0) is 9.53 Å². The van der Waals surface area contributed by atoms with E-state index < -0.39 is 12.0 Å². The van der Waals surface area contributed by atoms with Crippen LogP contribution in [0.4, 0.5) is 0 Å². The Morgan fingerprint density at radius 3 is 2.71 bits per heavy atom. The summed E-state index contributed by atoms with van der Waals surface area (Å²) in [6, 6.07) is 11.5. The number of hydrogen-bond donors (Lipinski definition) is 1. The second kappa shape index (κ2) is 10.5. The number of thiazole rings is 1. The van der Waals surface area contributed by atoms with Crippen molar-refractivity contribution in [3.8, 4) is 11.5 Å². The smallest absolute Gasteiger partial charge is 0.338 e. The number of carbonyl (C=O) groups is 1. The zero-order chi connectivity index (χ0) is 25.1. The molecule has 1 aliphatic heterocycles. The van der Waals surface area contributed by atoms with Crippen LogP contribution in [0.15, 0.2) is 80.6 Å². The van der Waals surface area contributed by atoms with Gasteiger partial charge in [0.2, 0.25) is 0 Å². The molecular weight excluding hydrogens is 532 g/mol. The number of ether oxygens (including phenoxy) is 2. The molecule has 0 aliphatic carbocycles. The number of fused-ring (bicyclic) bond motifs is 1. The highest BCUT2D eigenvalue weighted by molar-refractivity contribution is 9.10. The van der Waals surface area contributed by atoms with Crippen LogP contribution in [0.3, 0.4) is 0 Å². The van der Waals surface area contributed by atoms with Gasteiger partial charge in [-0.05, 0) is 55.8 Å². The molecule has 9 heteroatoms. The van der Waals surface area contributed by atoms with Crippen LogP contribution in [-0.4, -0.2) is 28.9 Å². The summed E-state index contributed by atoms with van der Waals surface area (Å²) in [4.78, 5) is 31.6. The molecule has 0 saturated heterocycles. The lowest BCUT2D eigenvalue weighted by molar-refractivity contribution is -0.139. The minimum Gasteiger partial charge on any atom is -0.507 e. The maximum atomic E-state index is 13.6. The standard InChI is InChI=1S/C26H23BrN2O5S/c1-4-12-34-19-9-6-16(7-10-19)23-22(25(32)33-5-2)15(3)28-26-29(23)24(31)21(35-26)14-17-13-18(27)8-11-20(17)30/h4,6-11,13-14,23,30H,1,5,12H2,2-3H3/b21-14-/t23-/m0/s1. The van der Waals surface area contributed by atoms with Gasteiger partial charge in [0.1, 0.15) is 18.1 Å². The van der Waals surface area contributed by atoms with E-state index in [1.165, 1.54) is 15.9 Å². The third-order valence-corrected chi connectivity index (χ3v) is 6.83. The fourth-order valence-electron chi connectivity index (χ4n) is 3.79. The summed E-state index contributed by atoms with van der Waals surface area (Å²) in [6.07, 6.45) is 3.27. The van der Waals surface area contributed by atoms with E-state index in [0.717, 1.165) is 4.47 Å². The summed E-state index contributed by atoms with van der Waals surface area (Å²) in [6.45, 7) is 7.68. The lowest BCUT2D eigenvalue weighted by Crippen LogP contribution is -2.39. The molecule has 35 heavy (non-hydrogen) atoms. The number of allylic oxidation sites excluding steroid dienone is 1. The van der Waals surface area contributed by atoms with Crippen LogP contribution in [0.5, 0.6) is 11.5 Å². The number of nitrogens with zero attached hydrogens (tertiary/aromatic N) is 2. The van der Waals surface area contributed by atoms with Crippen molar-refractivity contribution in [1.29, 1.82) is 0 Å². The molecule has 1 N–H and O–H groups in total. The Morgan fingerprint density at radius 2 is 2.03 bits per heavy atom. The van der Waals surface area contributed by atoms with E-state index in [4.69, 9.17) is 9.47 Å². The fourth-order valence-corrected chi connectivity index (χ4v) is 5.21. The van der Waals surface area contributed by atoms with Crippen molar-refractivity contribution in [3.05, 3.63) is 102 Å². The van der Waals surface area contributed by atoms with Gasteiger partial charge in [-0.3, -0.25) is 9.36 Å². The number of hydrogen-bond acceptors (Lipinski definition) is 7. The molecule has 0 spiro atoms. The third kappa shape index (κ3) is 5.01. The number of aromatic nitrogens is 1. The number of carbonyl (C=O) groups excluding carboxylic acids is 1. The maximum Gasteiger partial charge on any atom is 0.338 e. The Balaban J connectivity index is 1.91. The zero-order valence-corrected chi connectivity index (χ0v) is 21.6. The van der Waals surface area contributed by atoms with Crippen LogP contribution < -0.4 is 19.6 Å². The Kier molecular flexibility index (Phi) is 7.37. The molecule has 1 atom stereocenters. The Labute approximate surface area is 214 Å². The largest absolute Gasteiger partial charge is 0.507 e. The molecule has 3 aromatic rings. The van der Waals surface area contributed by atoms with Crippen molar-refractivity contribution in [2.24, 2.45) is 4.99 Å². The molecule has 2 aromatic carbocycles. The lowest BCUT2D eigenvalue weighted by Gasteiger charge is -2.24. The molecule has 0 saturated carbocycles. The average molecular weight is 555 g/mol. The SMILES string of the molecule is C=CCOc1ccc([C@H]2C(C(=O)OCC)=C(C)N=c3s/c(=C\c4cc(Br)ccc4O)c(=O)n32)cc1. The number of esters is 1. The number of benzene rings is 2. The highest BCUT2D eigenvalue weighted by atomic mass is 79.9. The van der Waals surface area contributed by atoms with E-state index in [-0.39, 0.29) is 17.9 Å². The zero-order valence-electron chi connectivity index (χ0n) is 19.2.